The number of aryl methyl sites for hydroxylation is 1. The lowest BCUT2D eigenvalue weighted by Crippen LogP contribution is -1.99. The van der Waals surface area contributed by atoms with Crippen molar-refractivity contribution >= 4 is 11.0 Å². The van der Waals surface area contributed by atoms with Crippen LogP contribution in [0.5, 0.6) is 5.88 Å². The van der Waals surface area contributed by atoms with Gasteiger partial charge < -0.3 is 9.15 Å². The van der Waals surface area contributed by atoms with Crippen LogP contribution in [-0.4, -0.2) is 19.9 Å². The number of rotatable bonds is 3. The Balaban J connectivity index is 1.85. The maximum atomic E-state index is 5.45. The zero-order valence-corrected chi connectivity index (χ0v) is 9.70. The molecule has 0 saturated heterocycles. The monoisotopic (exact) mass is 242 g/mol. The van der Waals surface area contributed by atoms with Gasteiger partial charge in [-0.1, -0.05) is 0 Å². The van der Waals surface area contributed by atoms with Crippen molar-refractivity contribution in [1.82, 2.24) is 19.9 Å². The van der Waals surface area contributed by atoms with E-state index in [0.29, 0.717) is 11.8 Å². The Labute approximate surface area is 103 Å². The smallest absolute Gasteiger partial charge is 0.233 e. The Kier molecular flexibility index (Phi) is 2.60. The van der Waals surface area contributed by atoms with E-state index in [-0.39, 0.29) is 6.61 Å². The van der Waals surface area contributed by atoms with Gasteiger partial charge in [-0.25, -0.2) is 15.0 Å². The van der Waals surface area contributed by atoms with Crippen molar-refractivity contribution in [3.63, 3.8) is 0 Å². The number of ether oxygens (including phenoxy) is 1. The molecule has 0 saturated carbocycles. The summed E-state index contributed by atoms with van der Waals surface area (Å²) in [4.78, 5) is 16.7. The molecule has 90 valence electrons. The van der Waals surface area contributed by atoms with E-state index >= 15 is 0 Å². The predicted molar refractivity (Wildman–Crippen MR) is 62.9 cm³/mol. The number of hydrogen-bond donors (Lipinski definition) is 0. The molecular weight excluding hydrogens is 232 g/mol. The van der Waals surface area contributed by atoms with E-state index in [9.17, 15) is 0 Å². The highest BCUT2D eigenvalue weighted by Crippen LogP contribution is 2.15. The molecule has 0 unspecified atom stereocenters. The Morgan fingerprint density at radius 3 is 3.00 bits per heavy atom. The van der Waals surface area contributed by atoms with Gasteiger partial charge in [-0.2, -0.15) is 0 Å². The van der Waals surface area contributed by atoms with Crippen molar-refractivity contribution in [3.05, 3.63) is 42.5 Å². The molecular formula is C12H10N4O2. The minimum absolute atomic E-state index is 0.233. The van der Waals surface area contributed by atoms with Gasteiger partial charge in [0.1, 0.15) is 11.8 Å². The molecule has 6 heteroatoms. The van der Waals surface area contributed by atoms with Gasteiger partial charge in [0, 0.05) is 6.20 Å². The molecule has 3 heterocycles. The second-order valence-electron chi connectivity index (χ2n) is 3.69. The minimum atomic E-state index is 0.233. The van der Waals surface area contributed by atoms with Crippen molar-refractivity contribution in [3.8, 4) is 5.88 Å². The summed E-state index contributed by atoms with van der Waals surface area (Å²) >= 11 is 0. The Morgan fingerprint density at radius 2 is 2.17 bits per heavy atom. The third-order valence-electron chi connectivity index (χ3n) is 2.45. The van der Waals surface area contributed by atoms with Crippen molar-refractivity contribution in [2.75, 3.05) is 0 Å². The fourth-order valence-corrected chi connectivity index (χ4v) is 1.59. The summed E-state index contributed by atoms with van der Waals surface area (Å²) in [6, 6.07) is 1.80. The molecule has 0 aliphatic heterocycles. The summed E-state index contributed by atoms with van der Waals surface area (Å²) in [7, 11) is 0. The number of pyridine rings is 1. The zero-order valence-electron chi connectivity index (χ0n) is 9.70. The molecule has 0 amide bonds. The van der Waals surface area contributed by atoms with Crippen LogP contribution in [0, 0.1) is 6.92 Å². The average molecular weight is 242 g/mol. The highest BCUT2D eigenvalue weighted by Gasteiger charge is 2.05. The number of oxazole rings is 1. The lowest BCUT2D eigenvalue weighted by Gasteiger charge is -2.04. The molecule has 0 N–H and O–H groups in total. The SMILES string of the molecule is Cc1nccc2nc(OCc3ncco3)cnc12. The van der Waals surface area contributed by atoms with E-state index < -0.39 is 0 Å². The highest BCUT2D eigenvalue weighted by atomic mass is 16.5. The quantitative estimate of drug-likeness (QED) is 0.698. The molecule has 3 rings (SSSR count). The van der Waals surface area contributed by atoms with E-state index in [1.54, 1.807) is 24.7 Å². The second kappa shape index (κ2) is 4.40. The lowest BCUT2D eigenvalue weighted by atomic mass is 10.3. The molecule has 0 spiro atoms. The lowest BCUT2D eigenvalue weighted by molar-refractivity contribution is 0.253. The van der Waals surface area contributed by atoms with Crippen LogP contribution in [0.3, 0.4) is 0 Å². The summed E-state index contributed by atoms with van der Waals surface area (Å²) in [6.45, 7) is 2.13. The van der Waals surface area contributed by atoms with E-state index in [4.69, 9.17) is 9.15 Å². The summed E-state index contributed by atoms with van der Waals surface area (Å²) in [6.07, 6.45) is 6.34. The fraction of sp³-hybridized carbons (Fsp3) is 0.167. The van der Waals surface area contributed by atoms with Crippen molar-refractivity contribution in [2.45, 2.75) is 13.5 Å². The van der Waals surface area contributed by atoms with Crippen LogP contribution >= 0.6 is 0 Å². The van der Waals surface area contributed by atoms with Crippen molar-refractivity contribution in [2.24, 2.45) is 0 Å². The molecule has 0 aliphatic rings. The normalized spacial score (nSPS) is 10.7. The third-order valence-corrected chi connectivity index (χ3v) is 2.45. The molecule has 6 nitrogen and oxygen atoms in total. The Bertz CT molecular complexity index is 667. The fourth-order valence-electron chi connectivity index (χ4n) is 1.59. The summed E-state index contributed by atoms with van der Waals surface area (Å²) in [5.74, 6) is 0.939. The number of hydrogen-bond acceptors (Lipinski definition) is 6. The second-order valence-corrected chi connectivity index (χ2v) is 3.69. The molecule has 0 atom stereocenters. The van der Waals surface area contributed by atoms with Crippen LogP contribution in [0.4, 0.5) is 0 Å². The number of aromatic nitrogens is 4. The minimum Gasteiger partial charge on any atom is -0.467 e. The van der Waals surface area contributed by atoms with Crippen LogP contribution in [0.25, 0.3) is 11.0 Å². The van der Waals surface area contributed by atoms with Gasteiger partial charge in [-0.05, 0) is 13.0 Å². The van der Waals surface area contributed by atoms with E-state index in [0.717, 1.165) is 16.7 Å². The van der Waals surface area contributed by atoms with Crippen molar-refractivity contribution < 1.29 is 9.15 Å². The molecule has 0 fully saturated rings. The van der Waals surface area contributed by atoms with Gasteiger partial charge in [0.25, 0.3) is 0 Å². The summed E-state index contributed by atoms with van der Waals surface area (Å²) < 4.78 is 10.5. The molecule has 0 aliphatic carbocycles. The van der Waals surface area contributed by atoms with E-state index in [2.05, 4.69) is 19.9 Å². The first kappa shape index (κ1) is 10.6. The molecule has 3 aromatic heterocycles. The molecule has 0 aromatic carbocycles. The third kappa shape index (κ3) is 2.00. The van der Waals surface area contributed by atoms with Gasteiger partial charge in [-0.15, -0.1) is 0 Å². The highest BCUT2D eigenvalue weighted by molar-refractivity contribution is 5.76. The Morgan fingerprint density at radius 1 is 1.22 bits per heavy atom. The molecule has 18 heavy (non-hydrogen) atoms. The van der Waals surface area contributed by atoms with Gasteiger partial charge >= 0.3 is 0 Å². The maximum absolute atomic E-state index is 5.45. The number of fused-ring (bicyclic) bond motifs is 1. The first-order valence-corrected chi connectivity index (χ1v) is 5.42. The van der Waals surface area contributed by atoms with E-state index in [1.807, 2.05) is 6.92 Å². The number of nitrogens with zero attached hydrogens (tertiary/aromatic N) is 4. The average Bonchev–Trinajstić information content (AvgIpc) is 2.90. The van der Waals surface area contributed by atoms with Gasteiger partial charge in [0.2, 0.25) is 11.8 Å². The first-order chi connectivity index (χ1) is 8.83. The topological polar surface area (TPSA) is 73.9 Å². The summed E-state index contributed by atoms with van der Waals surface area (Å²) in [5, 5.41) is 0. The molecule has 3 aromatic rings. The standard InChI is InChI=1S/C12H10N4O2/c1-8-12-9(2-3-13-8)16-10(6-15-12)18-7-11-14-4-5-17-11/h2-6H,7H2,1H3. The first-order valence-electron chi connectivity index (χ1n) is 5.42. The van der Waals surface area contributed by atoms with Gasteiger partial charge in [0.15, 0.2) is 6.61 Å². The van der Waals surface area contributed by atoms with Crippen LogP contribution in [0.2, 0.25) is 0 Å². The molecule has 0 bridgehead atoms. The predicted octanol–water partition coefficient (Wildman–Crippen LogP) is 1.90. The van der Waals surface area contributed by atoms with Crippen LogP contribution in [-0.2, 0) is 6.61 Å². The van der Waals surface area contributed by atoms with Gasteiger partial charge in [-0.3, -0.25) is 4.98 Å². The molecule has 0 radical (unpaired) electrons. The maximum Gasteiger partial charge on any atom is 0.233 e. The van der Waals surface area contributed by atoms with Crippen LogP contribution in [0.1, 0.15) is 11.6 Å². The van der Waals surface area contributed by atoms with Crippen molar-refractivity contribution in [1.29, 1.82) is 0 Å². The largest absolute Gasteiger partial charge is 0.467 e. The van der Waals surface area contributed by atoms with Crippen LogP contribution in [0.15, 0.2) is 35.3 Å². The van der Waals surface area contributed by atoms with E-state index in [1.165, 1.54) is 6.26 Å². The zero-order chi connectivity index (χ0) is 12.4. The summed E-state index contributed by atoms with van der Waals surface area (Å²) in [5.41, 5.74) is 2.38. The Hall–Kier alpha value is -2.50. The van der Waals surface area contributed by atoms with Crippen LogP contribution < -0.4 is 4.74 Å². The van der Waals surface area contributed by atoms with Gasteiger partial charge in [0.05, 0.1) is 23.6 Å².